The smallest absolute Gasteiger partial charge is 0.267 e. The van der Waals surface area contributed by atoms with Crippen molar-refractivity contribution >= 4 is 52.7 Å². The third-order valence-electron chi connectivity index (χ3n) is 3.61. The Kier molecular flexibility index (Phi) is 8.05. The number of aromatic hydroxyl groups is 1. The molecule has 3 rings (SSSR count). The van der Waals surface area contributed by atoms with Gasteiger partial charge in [0.05, 0.1) is 5.02 Å². The van der Waals surface area contributed by atoms with E-state index in [1.165, 1.54) is 17.2 Å². The molecule has 0 spiro atoms. The van der Waals surface area contributed by atoms with E-state index in [-0.39, 0.29) is 16.7 Å². The van der Waals surface area contributed by atoms with Crippen molar-refractivity contribution in [1.29, 1.82) is 0 Å². The molecule has 2 aromatic rings. The number of anilines is 1. The van der Waals surface area contributed by atoms with Crippen LogP contribution in [0, 0.1) is 0 Å². The number of aromatic nitrogens is 1. The minimum atomic E-state index is -0.265. The van der Waals surface area contributed by atoms with Gasteiger partial charge >= 0.3 is 0 Å². The van der Waals surface area contributed by atoms with Crippen molar-refractivity contribution in [3.05, 3.63) is 49.9 Å². The molecule has 0 aliphatic carbocycles. The van der Waals surface area contributed by atoms with Crippen LogP contribution in [0.2, 0.25) is 10.0 Å². The molecule has 2 aromatic heterocycles. The SMILES string of the molecule is CC1=C(NC(=O)c2scc(O)c2Cl)CNCC1.O=CNc1ccc(Cl)cn1. The third kappa shape index (κ3) is 6.21. The zero-order valence-electron chi connectivity index (χ0n) is 14.4. The van der Waals surface area contributed by atoms with Gasteiger partial charge in [-0.25, -0.2) is 4.98 Å². The Labute approximate surface area is 170 Å². The summed E-state index contributed by atoms with van der Waals surface area (Å²) < 4.78 is 0. The molecular weight excluding hydrogens is 411 g/mol. The van der Waals surface area contributed by atoms with Crippen LogP contribution in [-0.2, 0) is 4.79 Å². The normalized spacial score (nSPS) is 13.4. The highest BCUT2D eigenvalue weighted by molar-refractivity contribution is 7.13. The Hall–Kier alpha value is -2.13. The topological polar surface area (TPSA) is 103 Å². The zero-order valence-corrected chi connectivity index (χ0v) is 16.7. The fourth-order valence-electron chi connectivity index (χ4n) is 2.15. The summed E-state index contributed by atoms with van der Waals surface area (Å²) in [5, 5.41) is 19.9. The summed E-state index contributed by atoms with van der Waals surface area (Å²) in [6.45, 7) is 3.60. The lowest BCUT2D eigenvalue weighted by Gasteiger charge is -2.19. The quantitative estimate of drug-likeness (QED) is 0.558. The van der Waals surface area contributed by atoms with Crippen LogP contribution in [-0.4, -0.2) is 35.5 Å². The second-order valence-electron chi connectivity index (χ2n) is 5.53. The Morgan fingerprint density at radius 2 is 2.19 bits per heavy atom. The molecule has 0 atom stereocenters. The number of thiophene rings is 1. The molecule has 0 fully saturated rings. The monoisotopic (exact) mass is 428 g/mol. The first-order chi connectivity index (χ1) is 12.9. The minimum Gasteiger partial charge on any atom is -0.505 e. The van der Waals surface area contributed by atoms with Crippen molar-refractivity contribution in [3.8, 4) is 5.75 Å². The van der Waals surface area contributed by atoms with Gasteiger partial charge in [0.2, 0.25) is 6.41 Å². The average molecular weight is 429 g/mol. The molecule has 27 heavy (non-hydrogen) atoms. The van der Waals surface area contributed by atoms with Crippen LogP contribution in [0.15, 0.2) is 35.0 Å². The van der Waals surface area contributed by atoms with Crippen LogP contribution in [0.25, 0.3) is 0 Å². The van der Waals surface area contributed by atoms with E-state index in [1.807, 2.05) is 6.92 Å². The van der Waals surface area contributed by atoms with Gasteiger partial charge in [0.25, 0.3) is 5.91 Å². The molecule has 144 valence electrons. The van der Waals surface area contributed by atoms with E-state index in [2.05, 4.69) is 20.9 Å². The summed E-state index contributed by atoms with van der Waals surface area (Å²) >= 11 is 12.5. The number of carbonyl (C=O) groups excluding carboxylic acids is 2. The largest absolute Gasteiger partial charge is 0.505 e. The molecular formula is C17H18Cl2N4O3S. The molecule has 0 bridgehead atoms. The number of pyridine rings is 1. The first kappa shape index (κ1) is 21.2. The molecule has 0 saturated carbocycles. The van der Waals surface area contributed by atoms with E-state index >= 15 is 0 Å². The second-order valence-corrected chi connectivity index (χ2v) is 7.22. The predicted molar refractivity (Wildman–Crippen MR) is 108 cm³/mol. The van der Waals surface area contributed by atoms with Crippen molar-refractivity contribution in [3.63, 3.8) is 0 Å². The van der Waals surface area contributed by atoms with Gasteiger partial charge < -0.3 is 21.1 Å². The maximum absolute atomic E-state index is 11.9. The van der Waals surface area contributed by atoms with E-state index in [9.17, 15) is 14.7 Å². The van der Waals surface area contributed by atoms with Gasteiger partial charge in [-0.3, -0.25) is 9.59 Å². The van der Waals surface area contributed by atoms with Crippen LogP contribution in [0.5, 0.6) is 5.75 Å². The van der Waals surface area contributed by atoms with E-state index in [0.29, 0.717) is 28.7 Å². The molecule has 0 saturated heterocycles. The molecule has 1 aliphatic rings. The van der Waals surface area contributed by atoms with Crippen LogP contribution < -0.4 is 16.0 Å². The standard InChI is InChI=1S/C11H13ClN2O2S.C6H5ClN2O/c1-6-2-3-13-4-7(6)14-11(16)10-9(12)8(15)5-17-10;7-5-1-2-6(8-3-5)9-4-10/h5,13,15H,2-4H2,1H3,(H,14,16);1-4H,(H,8,9,10). The Morgan fingerprint density at radius 1 is 1.41 bits per heavy atom. The minimum absolute atomic E-state index is 0.0470. The predicted octanol–water partition coefficient (Wildman–Crippen LogP) is 3.41. The maximum Gasteiger partial charge on any atom is 0.267 e. The second kappa shape index (κ2) is 10.3. The lowest BCUT2D eigenvalue weighted by atomic mass is 10.1. The summed E-state index contributed by atoms with van der Waals surface area (Å²) in [4.78, 5) is 25.9. The average Bonchev–Trinajstić information content (AvgIpc) is 2.99. The zero-order chi connectivity index (χ0) is 19.8. The fourth-order valence-corrected chi connectivity index (χ4v) is 3.31. The summed E-state index contributed by atoms with van der Waals surface area (Å²) in [6, 6.07) is 3.27. The Balaban J connectivity index is 0.000000223. The Bertz CT molecular complexity index is 837. The van der Waals surface area contributed by atoms with Crippen LogP contribution in [0.1, 0.15) is 23.0 Å². The van der Waals surface area contributed by atoms with Gasteiger partial charge in [0, 0.05) is 23.8 Å². The van der Waals surface area contributed by atoms with Gasteiger partial charge in [0.15, 0.2) is 0 Å². The Morgan fingerprint density at radius 3 is 2.74 bits per heavy atom. The molecule has 4 N–H and O–H groups in total. The first-order valence-electron chi connectivity index (χ1n) is 7.90. The van der Waals surface area contributed by atoms with Gasteiger partial charge in [-0.2, -0.15) is 0 Å². The number of nitrogens with one attached hydrogen (secondary N) is 3. The summed E-state index contributed by atoms with van der Waals surface area (Å²) in [6.07, 6.45) is 2.96. The number of rotatable bonds is 4. The van der Waals surface area contributed by atoms with Crippen molar-refractivity contribution in [2.75, 3.05) is 18.4 Å². The molecule has 0 unspecified atom stereocenters. The van der Waals surface area contributed by atoms with Crippen LogP contribution in [0.3, 0.4) is 0 Å². The third-order valence-corrected chi connectivity index (χ3v) is 5.30. The van der Waals surface area contributed by atoms with Crippen molar-refractivity contribution in [1.82, 2.24) is 15.6 Å². The van der Waals surface area contributed by atoms with Gasteiger partial charge in [-0.1, -0.05) is 28.8 Å². The van der Waals surface area contributed by atoms with Crippen molar-refractivity contribution < 1.29 is 14.7 Å². The summed E-state index contributed by atoms with van der Waals surface area (Å²) in [7, 11) is 0. The molecule has 10 heteroatoms. The summed E-state index contributed by atoms with van der Waals surface area (Å²) in [5.41, 5.74) is 2.07. The van der Waals surface area contributed by atoms with E-state index in [0.717, 1.165) is 30.0 Å². The summed E-state index contributed by atoms with van der Waals surface area (Å²) in [5.74, 6) is 0.187. The molecule has 2 amide bonds. The van der Waals surface area contributed by atoms with Crippen LogP contribution >= 0.6 is 34.5 Å². The molecule has 0 radical (unpaired) electrons. The number of nitrogens with zero attached hydrogens (tertiary/aromatic N) is 1. The highest BCUT2D eigenvalue weighted by Crippen LogP contribution is 2.33. The van der Waals surface area contributed by atoms with Gasteiger partial charge in [-0.15, -0.1) is 11.3 Å². The van der Waals surface area contributed by atoms with Gasteiger partial charge in [0.1, 0.15) is 21.5 Å². The lowest BCUT2D eigenvalue weighted by Crippen LogP contribution is -2.34. The molecule has 3 heterocycles. The molecule has 0 aromatic carbocycles. The van der Waals surface area contributed by atoms with E-state index in [4.69, 9.17) is 23.2 Å². The molecule has 7 nitrogen and oxygen atoms in total. The number of hydrogen-bond donors (Lipinski definition) is 4. The highest BCUT2D eigenvalue weighted by Gasteiger charge is 2.18. The van der Waals surface area contributed by atoms with E-state index in [1.54, 1.807) is 12.1 Å². The number of hydrogen-bond acceptors (Lipinski definition) is 6. The highest BCUT2D eigenvalue weighted by atomic mass is 35.5. The maximum atomic E-state index is 11.9. The lowest BCUT2D eigenvalue weighted by molar-refractivity contribution is -0.105. The number of halogens is 2. The first-order valence-corrected chi connectivity index (χ1v) is 9.54. The van der Waals surface area contributed by atoms with E-state index < -0.39 is 0 Å². The van der Waals surface area contributed by atoms with Crippen molar-refractivity contribution in [2.45, 2.75) is 13.3 Å². The van der Waals surface area contributed by atoms with Crippen molar-refractivity contribution in [2.24, 2.45) is 0 Å². The van der Waals surface area contributed by atoms with Gasteiger partial charge in [-0.05, 0) is 32.0 Å². The fraction of sp³-hybridized carbons (Fsp3) is 0.235. The number of amides is 2. The molecule has 1 aliphatic heterocycles. The van der Waals surface area contributed by atoms with Crippen LogP contribution in [0.4, 0.5) is 5.82 Å². The number of carbonyl (C=O) groups is 2.